The highest BCUT2D eigenvalue weighted by molar-refractivity contribution is 5.69. The summed E-state index contributed by atoms with van der Waals surface area (Å²) < 4.78 is 10.2. The molecule has 0 aromatic carbocycles. The van der Waals surface area contributed by atoms with Gasteiger partial charge in [-0.1, -0.05) is 103 Å². The van der Waals surface area contributed by atoms with E-state index in [4.69, 9.17) is 9.47 Å². The zero-order valence-corrected chi connectivity index (χ0v) is 18.0. The number of rotatable bonds is 20. The molecule has 0 N–H and O–H groups in total. The fourth-order valence-corrected chi connectivity index (χ4v) is 3.37. The van der Waals surface area contributed by atoms with Gasteiger partial charge in [-0.2, -0.15) is 0 Å². The van der Waals surface area contributed by atoms with Crippen LogP contribution >= 0.6 is 0 Å². The lowest BCUT2D eigenvalue weighted by atomic mass is 10.0. The molecule has 3 heteroatoms. The van der Waals surface area contributed by atoms with Crippen molar-refractivity contribution in [3.05, 3.63) is 0 Å². The quantitative estimate of drug-likeness (QED) is 0.168. The molecule has 0 bridgehead atoms. The standard InChI is InChI=1S/C23H46O3/c1-4-5-6-7-8-9-10-11-12-13-14-15-16-17-18-19-20-23(24)26-22(2)21-25-3/h22H,4-21H2,1-3H3. The highest BCUT2D eigenvalue weighted by Crippen LogP contribution is 2.14. The van der Waals surface area contributed by atoms with Crippen molar-refractivity contribution in [2.24, 2.45) is 0 Å². The normalized spacial score (nSPS) is 12.3. The minimum absolute atomic E-state index is 0.0834. The molecule has 0 heterocycles. The average molecular weight is 371 g/mol. The van der Waals surface area contributed by atoms with E-state index < -0.39 is 0 Å². The minimum Gasteiger partial charge on any atom is -0.460 e. The Morgan fingerprint density at radius 2 is 1.08 bits per heavy atom. The van der Waals surface area contributed by atoms with Gasteiger partial charge in [-0.3, -0.25) is 4.79 Å². The summed E-state index contributed by atoms with van der Waals surface area (Å²) in [6.45, 7) is 4.63. The first-order chi connectivity index (χ1) is 12.7. The molecule has 3 nitrogen and oxygen atoms in total. The molecule has 0 saturated heterocycles. The summed E-state index contributed by atoms with van der Waals surface area (Å²) in [6, 6.07) is 0. The third-order valence-electron chi connectivity index (χ3n) is 4.97. The molecular weight excluding hydrogens is 324 g/mol. The lowest BCUT2D eigenvalue weighted by molar-refractivity contribution is -0.150. The zero-order chi connectivity index (χ0) is 19.3. The Balaban J connectivity index is 3.14. The van der Waals surface area contributed by atoms with Crippen molar-refractivity contribution in [3.63, 3.8) is 0 Å². The predicted molar refractivity (Wildman–Crippen MR) is 112 cm³/mol. The molecular formula is C23H46O3. The number of esters is 1. The van der Waals surface area contributed by atoms with Gasteiger partial charge in [0, 0.05) is 13.5 Å². The van der Waals surface area contributed by atoms with Crippen LogP contribution in [0.25, 0.3) is 0 Å². The SMILES string of the molecule is CCCCCCCCCCCCCCCCCCC(=O)OC(C)COC. The third kappa shape index (κ3) is 19.8. The summed E-state index contributed by atoms with van der Waals surface area (Å²) in [4.78, 5) is 11.6. The summed E-state index contributed by atoms with van der Waals surface area (Å²) in [6.07, 6.45) is 22.0. The van der Waals surface area contributed by atoms with Gasteiger partial charge in [0.05, 0.1) is 6.61 Å². The zero-order valence-electron chi connectivity index (χ0n) is 18.0. The van der Waals surface area contributed by atoms with Crippen LogP contribution in [0.5, 0.6) is 0 Å². The Morgan fingerprint density at radius 3 is 1.46 bits per heavy atom. The van der Waals surface area contributed by atoms with Gasteiger partial charge >= 0.3 is 5.97 Å². The molecule has 0 fully saturated rings. The lowest BCUT2D eigenvalue weighted by Crippen LogP contribution is -2.19. The van der Waals surface area contributed by atoms with Crippen LogP contribution in [0.2, 0.25) is 0 Å². The van der Waals surface area contributed by atoms with Crippen LogP contribution in [0, 0.1) is 0 Å². The molecule has 156 valence electrons. The molecule has 0 aromatic heterocycles. The molecule has 26 heavy (non-hydrogen) atoms. The van der Waals surface area contributed by atoms with Crippen molar-refractivity contribution in [1.29, 1.82) is 0 Å². The van der Waals surface area contributed by atoms with Crippen LogP contribution < -0.4 is 0 Å². The molecule has 0 radical (unpaired) electrons. The second-order valence-electron chi connectivity index (χ2n) is 7.81. The molecule has 0 aliphatic heterocycles. The van der Waals surface area contributed by atoms with E-state index in [1.807, 2.05) is 6.92 Å². The topological polar surface area (TPSA) is 35.5 Å². The van der Waals surface area contributed by atoms with Crippen molar-refractivity contribution in [1.82, 2.24) is 0 Å². The molecule has 1 atom stereocenters. The van der Waals surface area contributed by atoms with E-state index in [1.54, 1.807) is 7.11 Å². The minimum atomic E-state index is -0.131. The highest BCUT2D eigenvalue weighted by atomic mass is 16.6. The van der Waals surface area contributed by atoms with Crippen LogP contribution in [-0.2, 0) is 14.3 Å². The number of methoxy groups -OCH3 is 1. The van der Waals surface area contributed by atoms with Gasteiger partial charge in [0.25, 0.3) is 0 Å². The molecule has 1 unspecified atom stereocenters. The lowest BCUT2D eigenvalue weighted by Gasteiger charge is -2.11. The van der Waals surface area contributed by atoms with Gasteiger partial charge in [0.2, 0.25) is 0 Å². The first-order valence-corrected chi connectivity index (χ1v) is 11.4. The molecule has 0 saturated carbocycles. The Hall–Kier alpha value is -0.570. The van der Waals surface area contributed by atoms with Crippen LogP contribution in [0.1, 0.15) is 123 Å². The van der Waals surface area contributed by atoms with E-state index in [9.17, 15) is 4.79 Å². The van der Waals surface area contributed by atoms with Crippen LogP contribution in [0.3, 0.4) is 0 Å². The molecule has 0 aliphatic rings. The first kappa shape index (κ1) is 25.4. The average Bonchev–Trinajstić information content (AvgIpc) is 2.61. The summed E-state index contributed by atoms with van der Waals surface area (Å²) in [7, 11) is 1.62. The van der Waals surface area contributed by atoms with Gasteiger partial charge in [0.1, 0.15) is 6.10 Å². The maximum atomic E-state index is 11.6. The molecule has 0 rings (SSSR count). The number of hydrogen-bond donors (Lipinski definition) is 0. The maximum absolute atomic E-state index is 11.6. The molecule has 0 aromatic rings. The van der Waals surface area contributed by atoms with Crippen molar-refractivity contribution in [2.45, 2.75) is 129 Å². The highest BCUT2D eigenvalue weighted by Gasteiger charge is 2.08. The Bertz CT molecular complexity index is 291. The third-order valence-corrected chi connectivity index (χ3v) is 4.97. The van der Waals surface area contributed by atoms with E-state index in [2.05, 4.69) is 6.92 Å². The summed E-state index contributed by atoms with van der Waals surface area (Å²) in [5.74, 6) is -0.0834. The van der Waals surface area contributed by atoms with Gasteiger partial charge in [-0.05, 0) is 13.3 Å². The Kier molecular flexibility index (Phi) is 20.3. The Labute approximate surface area is 163 Å². The second-order valence-corrected chi connectivity index (χ2v) is 7.81. The predicted octanol–water partition coefficient (Wildman–Crippen LogP) is 7.22. The van der Waals surface area contributed by atoms with Crippen molar-refractivity contribution in [2.75, 3.05) is 13.7 Å². The van der Waals surface area contributed by atoms with Crippen LogP contribution in [0.4, 0.5) is 0 Å². The van der Waals surface area contributed by atoms with E-state index in [0.29, 0.717) is 13.0 Å². The maximum Gasteiger partial charge on any atom is 0.306 e. The van der Waals surface area contributed by atoms with E-state index in [-0.39, 0.29) is 12.1 Å². The van der Waals surface area contributed by atoms with E-state index >= 15 is 0 Å². The monoisotopic (exact) mass is 370 g/mol. The smallest absolute Gasteiger partial charge is 0.306 e. The van der Waals surface area contributed by atoms with E-state index in [0.717, 1.165) is 12.8 Å². The number of hydrogen-bond acceptors (Lipinski definition) is 3. The Morgan fingerprint density at radius 1 is 0.692 bits per heavy atom. The van der Waals surface area contributed by atoms with Gasteiger partial charge in [-0.25, -0.2) is 0 Å². The first-order valence-electron chi connectivity index (χ1n) is 11.4. The van der Waals surface area contributed by atoms with Crippen LogP contribution in [-0.4, -0.2) is 25.8 Å². The largest absolute Gasteiger partial charge is 0.460 e. The number of carbonyl (C=O) groups excluding carboxylic acids is 1. The second kappa shape index (κ2) is 20.7. The summed E-state index contributed by atoms with van der Waals surface area (Å²) in [5, 5.41) is 0. The van der Waals surface area contributed by atoms with Crippen LogP contribution in [0.15, 0.2) is 0 Å². The molecule has 0 aliphatic carbocycles. The van der Waals surface area contributed by atoms with Gasteiger partial charge < -0.3 is 9.47 Å². The van der Waals surface area contributed by atoms with Crippen molar-refractivity contribution >= 4 is 5.97 Å². The van der Waals surface area contributed by atoms with Gasteiger partial charge in [-0.15, -0.1) is 0 Å². The molecule has 0 spiro atoms. The number of carbonyl (C=O) groups is 1. The number of ether oxygens (including phenoxy) is 2. The fraction of sp³-hybridized carbons (Fsp3) is 0.957. The molecule has 0 amide bonds. The van der Waals surface area contributed by atoms with Crippen molar-refractivity contribution in [3.8, 4) is 0 Å². The fourth-order valence-electron chi connectivity index (χ4n) is 3.37. The van der Waals surface area contributed by atoms with Gasteiger partial charge in [0.15, 0.2) is 0 Å². The van der Waals surface area contributed by atoms with E-state index in [1.165, 1.54) is 89.9 Å². The number of unbranched alkanes of at least 4 members (excludes halogenated alkanes) is 15. The summed E-state index contributed by atoms with van der Waals surface area (Å²) >= 11 is 0. The van der Waals surface area contributed by atoms with Crippen molar-refractivity contribution < 1.29 is 14.3 Å². The summed E-state index contributed by atoms with van der Waals surface area (Å²) in [5.41, 5.74) is 0.